The summed E-state index contributed by atoms with van der Waals surface area (Å²) in [6, 6.07) is 3.10. The molecule has 1 aromatic carbocycles. The molecular formula is C26H37N7O9. The predicted octanol–water partition coefficient (Wildman–Crippen LogP) is -2.56. The van der Waals surface area contributed by atoms with Crippen LogP contribution in [0.5, 0.6) is 5.75 Å². The quantitative estimate of drug-likeness (QED) is 0.0939. The molecule has 6 amide bonds. The topological polar surface area (TPSA) is 221 Å². The Morgan fingerprint density at radius 1 is 1.12 bits per heavy atom. The van der Waals surface area contributed by atoms with Gasteiger partial charge in [0.2, 0.25) is 17.7 Å². The average molecular weight is 592 g/mol. The second-order valence-electron chi connectivity index (χ2n) is 9.95. The predicted molar refractivity (Wildman–Crippen MR) is 144 cm³/mol. The zero-order valence-corrected chi connectivity index (χ0v) is 23.2. The summed E-state index contributed by atoms with van der Waals surface area (Å²) >= 11 is 0. The Morgan fingerprint density at radius 3 is 2.57 bits per heavy atom. The molecule has 0 radical (unpaired) electrons. The highest BCUT2D eigenvalue weighted by atomic mass is 16.5. The number of rotatable bonds is 13. The molecule has 0 spiro atoms. The standard InChI is InChI=1S/C26H37N7O9/c1-31-18(26(41)33-19(25(31)40)7-4-11-29-33)8-5-13-32(42)24(39)17(15-34)30-22(37)14-28-21(36)10-12-27-23(38)16-6-2-3-9-20(16)35/h2-3,6,9,17-19,29,34-35,42H,4-5,7-8,10-15H2,1H3,(H,27,38)(H,28,36)(H,30,37)/t17-,18-,19-/m0/s1. The number of hydroxylamine groups is 2. The Morgan fingerprint density at radius 2 is 1.86 bits per heavy atom. The van der Waals surface area contributed by atoms with Crippen molar-refractivity contribution in [2.24, 2.45) is 0 Å². The van der Waals surface area contributed by atoms with E-state index in [1.807, 2.05) is 0 Å². The van der Waals surface area contributed by atoms with Gasteiger partial charge in [-0.3, -0.25) is 39.0 Å². The minimum atomic E-state index is -1.49. The molecule has 2 saturated heterocycles. The number of carbonyl (C=O) groups excluding carboxylic acids is 6. The average Bonchev–Trinajstić information content (AvgIpc) is 2.99. The van der Waals surface area contributed by atoms with Gasteiger partial charge in [-0.15, -0.1) is 0 Å². The number of likely N-dealkylation sites (N-methyl/N-ethyl adjacent to an activating group) is 1. The van der Waals surface area contributed by atoms with Crippen molar-refractivity contribution in [2.45, 2.75) is 50.2 Å². The molecule has 0 aliphatic carbocycles. The van der Waals surface area contributed by atoms with Crippen LogP contribution in [-0.2, 0) is 24.0 Å². The van der Waals surface area contributed by atoms with Crippen LogP contribution in [0, 0.1) is 0 Å². The molecule has 0 aromatic heterocycles. The van der Waals surface area contributed by atoms with Crippen molar-refractivity contribution in [2.75, 3.05) is 39.8 Å². The third-order valence-electron chi connectivity index (χ3n) is 7.02. The van der Waals surface area contributed by atoms with Gasteiger partial charge in [-0.2, -0.15) is 0 Å². The van der Waals surface area contributed by atoms with Crippen molar-refractivity contribution < 1.29 is 44.2 Å². The number of benzene rings is 1. The highest BCUT2D eigenvalue weighted by molar-refractivity contribution is 5.97. The molecule has 0 bridgehead atoms. The number of phenolic OH excluding ortho intramolecular Hbond substituents is 1. The molecule has 0 saturated carbocycles. The molecule has 3 rings (SSSR count). The Bertz CT molecular complexity index is 1180. The number of nitrogens with one attached hydrogen (secondary N) is 4. The Balaban J connectivity index is 1.37. The van der Waals surface area contributed by atoms with E-state index < -0.39 is 54.9 Å². The van der Waals surface area contributed by atoms with Gasteiger partial charge in [0.15, 0.2) is 0 Å². The largest absolute Gasteiger partial charge is 0.507 e. The molecule has 3 atom stereocenters. The van der Waals surface area contributed by atoms with E-state index in [4.69, 9.17) is 0 Å². The van der Waals surface area contributed by atoms with E-state index in [1.165, 1.54) is 22.0 Å². The smallest absolute Gasteiger partial charge is 0.270 e. The van der Waals surface area contributed by atoms with Gasteiger partial charge in [-0.25, -0.2) is 10.5 Å². The second-order valence-corrected chi connectivity index (χ2v) is 9.95. The Kier molecular flexibility index (Phi) is 11.6. The summed E-state index contributed by atoms with van der Waals surface area (Å²) in [5, 5.41) is 38.2. The van der Waals surface area contributed by atoms with E-state index in [1.54, 1.807) is 19.2 Å². The number of carbonyl (C=O) groups is 6. The van der Waals surface area contributed by atoms with Crippen molar-refractivity contribution in [3.63, 3.8) is 0 Å². The summed E-state index contributed by atoms with van der Waals surface area (Å²) in [6.45, 7) is -1.06. The van der Waals surface area contributed by atoms with Gasteiger partial charge in [0.25, 0.3) is 17.7 Å². The van der Waals surface area contributed by atoms with Crippen molar-refractivity contribution in [3.05, 3.63) is 29.8 Å². The Labute approximate surface area is 241 Å². The molecule has 42 heavy (non-hydrogen) atoms. The summed E-state index contributed by atoms with van der Waals surface area (Å²) in [5.41, 5.74) is 3.00. The first kappa shape index (κ1) is 32.2. The number of nitrogens with zero attached hydrogens (tertiary/aromatic N) is 3. The maximum absolute atomic E-state index is 12.9. The van der Waals surface area contributed by atoms with E-state index in [9.17, 15) is 44.2 Å². The van der Waals surface area contributed by atoms with Gasteiger partial charge < -0.3 is 31.1 Å². The SMILES string of the molecule is CN1C(=O)[C@@H]2CCCNN2C(=O)[C@@H]1CCCN(O)C(=O)[C@H](CO)NC(=O)CNC(=O)CCNC(=O)c1ccccc1O. The Hall–Kier alpha value is -4.28. The minimum Gasteiger partial charge on any atom is -0.507 e. The summed E-state index contributed by atoms with van der Waals surface area (Å²) in [7, 11) is 1.54. The minimum absolute atomic E-state index is 0.0488. The number of piperazine rings is 1. The number of phenols is 1. The molecule has 16 nitrogen and oxygen atoms in total. The van der Waals surface area contributed by atoms with Crippen LogP contribution in [0.1, 0.15) is 42.5 Å². The van der Waals surface area contributed by atoms with Gasteiger partial charge in [-0.1, -0.05) is 12.1 Å². The van der Waals surface area contributed by atoms with Gasteiger partial charge >= 0.3 is 0 Å². The number of para-hydroxylation sites is 1. The van der Waals surface area contributed by atoms with E-state index >= 15 is 0 Å². The number of aliphatic hydroxyl groups is 1. The monoisotopic (exact) mass is 591 g/mol. The lowest BCUT2D eigenvalue weighted by atomic mass is 9.98. The van der Waals surface area contributed by atoms with Crippen LogP contribution < -0.4 is 21.4 Å². The number of hydrogen-bond acceptors (Lipinski definition) is 10. The van der Waals surface area contributed by atoms with Gasteiger partial charge in [-0.05, 0) is 37.8 Å². The first-order valence-corrected chi connectivity index (χ1v) is 13.6. The number of aliphatic hydroxyl groups excluding tert-OH is 1. The number of amides is 6. The zero-order chi connectivity index (χ0) is 30.8. The fourth-order valence-electron chi connectivity index (χ4n) is 4.70. The lowest BCUT2D eigenvalue weighted by Crippen LogP contribution is -2.68. The molecule has 2 fully saturated rings. The summed E-state index contributed by atoms with van der Waals surface area (Å²) in [6.07, 6.45) is 1.50. The maximum Gasteiger partial charge on any atom is 0.270 e. The number of aromatic hydroxyl groups is 1. The zero-order valence-electron chi connectivity index (χ0n) is 23.2. The molecule has 2 aliphatic heterocycles. The number of fused-ring (bicyclic) bond motifs is 1. The van der Waals surface area contributed by atoms with Gasteiger partial charge in [0.1, 0.15) is 23.9 Å². The molecule has 16 heteroatoms. The van der Waals surface area contributed by atoms with Crippen LogP contribution in [0.25, 0.3) is 0 Å². The van der Waals surface area contributed by atoms with E-state index in [0.717, 1.165) is 6.42 Å². The summed E-state index contributed by atoms with van der Waals surface area (Å²) in [4.78, 5) is 75.7. The van der Waals surface area contributed by atoms with Crippen LogP contribution in [0.2, 0.25) is 0 Å². The first-order chi connectivity index (χ1) is 20.0. The lowest BCUT2D eigenvalue weighted by Gasteiger charge is -2.45. The summed E-state index contributed by atoms with van der Waals surface area (Å²) < 4.78 is 0. The molecule has 230 valence electrons. The van der Waals surface area contributed by atoms with Crippen molar-refractivity contribution in [1.29, 1.82) is 0 Å². The highest BCUT2D eigenvalue weighted by Crippen LogP contribution is 2.23. The van der Waals surface area contributed by atoms with E-state index in [0.29, 0.717) is 18.0 Å². The van der Waals surface area contributed by atoms with Gasteiger partial charge in [0, 0.05) is 33.1 Å². The second kappa shape index (κ2) is 15.1. The molecule has 2 heterocycles. The third kappa shape index (κ3) is 8.14. The summed E-state index contributed by atoms with van der Waals surface area (Å²) in [5.74, 6) is -3.61. The molecular weight excluding hydrogens is 554 g/mol. The van der Waals surface area contributed by atoms with E-state index in [-0.39, 0.29) is 55.5 Å². The van der Waals surface area contributed by atoms with Crippen molar-refractivity contribution in [3.8, 4) is 5.75 Å². The third-order valence-corrected chi connectivity index (χ3v) is 7.02. The first-order valence-electron chi connectivity index (χ1n) is 13.6. The molecule has 0 unspecified atom stereocenters. The fourth-order valence-corrected chi connectivity index (χ4v) is 4.70. The fraction of sp³-hybridized carbons (Fsp3) is 0.538. The van der Waals surface area contributed by atoms with Crippen LogP contribution in [0.4, 0.5) is 0 Å². The van der Waals surface area contributed by atoms with Crippen LogP contribution in [-0.4, -0.2) is 124 Å². The van der Waals surface area contributed by atoms with Crippen LogP contribution in [0.3, 0.4) is 0 Å². The van der Waals surface area contributed by atoms with Crippen molar-refractivity contribution >= 4 is 35.4 Å². The number of hydrazine groups is 1. The highest BCUT2D eigenvalue weighted by Gasteiger charge is 2.45. The van der Waals surface area contributed by atoms with E-state index in [2.05, 4.69) is 21.4 Å². The maximum atomic E-state index is 12.9. The molecule has 2 aliphatic rings. The normalized spacial score (nSPS) is 19.0. The van der Waals surface area contributed by atoms with Crippen molar-refractivity contribution in [1.82, 2.24) is 36.3 Å². The number of hydrogen-bond donors (Lipinski definition) is 7. The lowest BCUT2D eigenvalue weighted by molar-refractivity contribution is -0.171. The molecule has 1 aromatic rings. The van der Waals surface area contributed by atoms with Gasteiger partial charge in [0.05, 0.1) is 18.7 Å². The molecule has 7 N–H and O–H groups in total. The van der Waals surface area contributed by atoms with Crippen LogP contribution in [0.15, 0.2) is 24.3 Å². The van der Waals surface area contributed by atoms with Crippen LogP contribution >= 0.6 is 0 Å².